The van der Waals surface area contributed by atoms with Crippen molar-refractivity contribution in [3.8, 4) is 5.75 Å². The van der Waals surface area contributed by atoms with Gasteiger partial charge in [0.05, 0.1) is 11.4 Å². The Kier molecular flexibility index (Phi) is 2.60. The van der Waals surface area contributed by atoms with Gasteiger partial charge in [-0.2, -0.15) is 0 Å². The Hall–Kier alpha value is -1.91. The van der Waals surface area contributed by atoms with Crippen LogP contribution in [0.2, 0.25) is 0 Å². The van der Waals surface area contributed by atoms with Gasteiger partial charge < -0.3 is 20.0 Å². The average molecular weight is 222 g/mol. The second-order valence-electron chi connectivity index (χ2n) is 3.91. The standard InChI is InChI=1S/C11H14N2O3/c1-12-4-5-13(7-11(15)16)10-6-8(14)2-3-9(10)12/h2-3,6,14H,4-5,7H2,1H3,(H,15,16). The van der Waals surface area contributed by atoms with E-state index >= 15 is 0 Å². The number of rotatable bonds is 2. The summed E-state index contributed by atoms with van der Waals surface area (Å²) in [4.78, 5) is 14.5. The SMILES string of the molecule is CN1CCN(CC(=O)O)c2cc(O)ccc21. The minimum Gasteiger partial charge on any atom is -0.508 e. The van der Waals surface area contributed by atoms with Crippen LogP contribution in [-0.2, 0) is 4.79 Å². The van der Waals surface area contributed by atoms with Crippen molar-refractivity contribution in [2.45, 2.75) is 0 Å². The van der Waals surface area contributed by atoms with Crippen LogP contribution in [0.1, 0.15) is 0 Å². The molecular formula is C11H14N2O3. The van der Waals surface area contributed by atoms with Gasteiger partial charge in [0, 0.05) is 26.2 Å². The summed E-state index contributed by atoms with van der Waals surface area (Å²) in [5.74, 6) is -0.705. The van der Waals surface area contributed by atoms with E-state index in [0.717, 1.165) is 17.9 Å². The molecule has 0 amide bonds. The number of carboxylic acids is 1. The lowest BCUT2D eigenvalue weighted by Crippen LogP contribution is -2.41. The normalized spacial score (nSPS) is 14.8. The van der Waals surface area contributed by atoms with Crippen molar-refractivity contribution in [1.29, 1.82) is 0 Å². The first-order valence-corrected chi connectivity index (χ1v) is 5.09. The fraction of sp³-hybridized carbons (Fsp3) is 0.364. The summed E-state index contributed by atoms with van der Waals surface area (Å²) < 4.78 is 0. The minimum absolute atomic E-state index is 0.0374. The van der Waals surface area contributed by atoms with Crippen molar-refractivity contribution in [1.82, 2.24) is 0 Å². The van der Waals surface area contributed by atoms with Crippen molar-refractivity contribution < 1.29 is 15.0 Å². The van der Waals surface area contributed by atoms with Gasteiger partial charge in [-0.05, 0) is 12.1 Å². The fourth-order valence-corrected chi connectivity index (χ4v) is 1.93. The summed E-state index contributed by atoms with van der Waals surface area (Å²) in [5.41, 5.74) is 1.72. The molecule has 1 aromatic carbocycles. The quantitative estimate of drug-likeness (QED) is 0.772. The molecule has 2 N–H and O–H groups in total. The molecule has 1 aliphatic rings. The number of carbonyl (C=O) groups is 1. The monoisotopic (exact) mass is 222 g/mol. The van der Waals surface area contributed by atoms with Crippen LogP contribution in [0, 0.1) is 0 Å². The van der Waals surface area contributed by atoms with E-state index in [1.807, 2.05) is 11.9 Å². The van der Waals surface area contributed by atoms with Gasteiger partial charge in [0.15, 0.2) is 0 Å². The number of phenolic OH excluding ortho intramolecular Hbond substituents is 1. The Bertz CT molecular complexity index is 420. The van der Waals surface area contributed by atoms with Crippen LogP contribution < -0.4 is 9.80 Å². The smallest absolute Gasteiger partial charge is 0.323 e. The summed E-state index contributed by atoms with van der Waals surface area (Å²) in [6.45, 7) is 1.40. The molecule has 0 aromatic heterocycles. The molecule has 5 heteroatoms. The number of hydrogen-bond acceptors (Lipinski definition) is 4. The van der Waals surface area contributed by atoms with E-state index in [1.54, 1.807) is 23.1 Å². The molecule has 86 valence electrons. The number of aliphatic carboxylic acids is 1. The van der Waals surface area contributed by atoms with E-state index in [1.165, 1.54) is 0 Å². The maximum Gasteiger partial charge on any atom is 0.323 e. The maximum absolute atomic E-state index is 10.7. The van der Waals surface area contributed by atoms with Crippen LogP contribution in [0.5, 0.6) is 5.75 Å². The lowest BCUT2D eigenvalue weighted by molar-refractivity contribution is -0.135. The highest BCUT2D eigenvalue weighted by Gasteiger charge is 2.22. The Morgan fingerprint density at radius 3 is 2.81 bits per heavy atom. The van der Waals surface area contributed by atoms with E-state index in [4.69, 9.17) is 5.11 Å². The van der Waals surface area contributed by atoms with E-state index in [-0.39, 0.29) is 12.3 Å². The number of fused-ring (bicyclic) bond motifs is 1. The second-order valence-corrected chi connectivity index (χ2v) is 3.91. The van der Waals surface area contributed by atoms with Crippen molar-refractivity contribution >= 4 is 17.3 Å². The highest BCUT2D eigenvalue weighted by atomic mass is 16.4. The molecule has 0 bridgehead atoms. The van der Waals surface area contributed by atoms with E-state index in [9.17, 15) is 9.90 Å². The van der Waals surface area contributed by atoms with Crippen molar-refractivity contribution in [2.24, 2.45) is 0 Å². The second kappa shape index (κ2) is 3.92. The third-order valence-corrected chi connectivity index (χ3v) is 2.74. The van der Waals surface area contributed by atoms with Gasteiger partial charge in [-0.25, -0.2) is 0 Å². The topological polar surface area (TPSA) is 64.0 Å². The zero-order chi connectivity index (χ0) is 11.7. The van der Waals surface area contributed by atoms with Crippen LogP contribution in [0.4, 0.5) is 11.4 Å². The molecule has 0 aliphatic carbocycles. The number of aromatic hydroxyl groups is 1. The number of anilines is 2. The van der Waals surface area contributed by atoms with Gasteiger partial charge in [0.1, 0.15) is 12.3 Å². The van der Waals surface area contributed by atoms with Gasteiger partial charge in [0.2, 0.25) is 0 Å². The highest BCUT2D eigenvalue weighted by molar-refractivity contribution is 5.80. The molecular weight excluding hydrogens is 208 g/mol. The summed E-state index contributed by atoms with van der Waals surface area (Å²) in [7, 11) is 1.95. The first kappa shape index (κ1) is 10.6. The molecule has 1 aromatic rings. The Morgan fingerprint density at radius 1 is 1.38 bits per heavy atom. The highest BCUT2D eigenvalue weighted by Crippen LogP contribution is 2.34. The van der Waals surface area contributed by atoms with E-state index < -0.39 is 5.97 Å². The maximum atomic E-state index is 10.7. The summed E-state index contributed by atoms with van der Waals surface area (Å²) in [6.07, 6.45) is 0. The Labute approximate surface area is 93.5 Å². The number of benzene rings is 1. The predicted octanol–water partition coefficient (Wildman–Crippen LogP) is 0.733. The van der Waals surface area contributed by atoms with Crippen LogP contribution in [0.25, 0.3) is 0 Å². The molecule has 5 nitrogen and oxygen atoms in total. The van der Waals surface area contributed by atoms with Gasteiger partial charge in [-0.3, -0.25) is 4.79 Å². The molecule has 0 radical (unpaired) electrons. The lowest BCUT2D eigenvalue weighted by atomic mass is 10.1. The zero-order valence-corrected chi connectivity index (χ0v) is 9.05. The zero-order valence-electron chi connectivity index (χ0n) is 9.05. The average Bonchev–Trinajstić information content (AvgIpc) is 2.22. The van der Waals surface area contributed by atoms with E-state index in [0.29, 0.717) is 6.54 Å². The third-order valence-electron chi connectivity index (χ3n) is 2.74. The summed E-state index contributed by atoms with van der Waals surface area (Å²) >= 11 is 0. The minimum atomic E-state index is -0.862. The Morgan fingerprint density at radius 2 is 2.12 bits per heavy atom. The van der Waals surface area contributed by atoms with Gasteiger partial charge in [-0.15, -0.1) is 0 Å². The van der Waals surface area contributed by atoms with Crippen LogP contribution in [-0.4, -0.2) is 42.9 Å². The lowest BCUT2D eigenvalue weighted by Gasteiger charge is -2.36. The van der Waals surface area contributed by atoms with Crippen molar-refractivity contribution in [2.75, 3.05) is 36.5 Å². The molecule has 1 aliphatic heterocycles. The molecule has 0 spiro atoms. The number of likely N-dealkylation sites (N-methyl/N-ethyl adjacent to an activating group) is 1. The van der Waals surface area contributed by atoms with Gasteiger partial charge in [0.25, 0.3) is 0 Å². The molecule has 1 heterocycles. The molecule has 0 unspecified atom stereocenters. The molecule has 0 atom stereocenters. The summed E-state index contributed by atoms with van der Waals surface area (Å²) in [6, 6.07) is 5.02. The van der Waals surface area contributed by atoms with Gasteiger partial charge in [-0.1, -0.05) is 0 Å². The predicted molar refractivity (Wildman–Crippen MR) is 61.2 cm³/mol. The van der Waals surface area contributed by atoms with Crippen molar-refractivity contribution in [3.63, 3.8) is 0 Å². The first-order chi connectivity index (χ1) is 7.58. The van der Waals surface area contributed by atoms with Crippen LogP contribution in [0.15, 0.2) is 18.2 Å². The van der Waals surface area contributed by atoms with E-state index in [2.05, 4.69) is 0 Å². The number of carboxylic acid groups (broad SMARTS) is 1. The Balaban J connectivity index is 2.37. The number of hydrogen-bond donors (Lipinski definition) is 2. The van der Waals surface area contributed by atoms with Crippen LogP contribution in [0.3, 0.4) is 0 Å². The fourth-order valence-electron chi connectivity index (χ4n) is 1.93. The molecule has 16 heavy (non-hydrogen) atoms. The molecule has 2 rings (SSSR count). The number of nitrogens with zero attached hydrogens (tertiary/aromatic N) is 2. The summed E-state index contributed by atoms with van der Waals surface area (Å²) in [5, 5.41) is 18.2. The third kappa shape index (κ3) is 1.88. The number of phenols is 1. The molecule has 0 saturated heterocycles. The first-order valence-electron chi connectivity index (χ1n) is 5.09. The van der Waals surface area contributed by atoms with Crippen molar-refractivity contribution in [3.05, 3.63) is 18.2 Å². The molecule has 0 saturated carbocycles. The van der Waals surface area contributed by atoms with Crippen LogP contribution >= 0.6 is 0 Å². The van der Waals surface area contributed by atoms with Gasteiger partial charge >= 0.3 is 5.97 Å². The molecule has 0 fully saturated rings. The largest absolute Gasteiger partial charge is 0.508 e.